The number of benzene rings is 2. The van der Waals surface area contributed by atoms with Crippen LogP contribution in [0.3, 0.4) is 0 Å². The van der Waals surface area contributed by atoms with Gasteiger partial charge in [-0.05, 0) is 36.4 Å². The number of aryl methyl sites for hydroxylation is 1. The Kier molecular flexibility index (Phi) is 3.34. The van der Waals surface area contributed by atoms with Crippen LogP contribution in [0.25, 0.3) is 11.0 Å². The highest BCUT2D eigenvalue weighted by Crippen LogP contribution is 2.16. The number of hydrogen-bond acceptors (Lipinski definition) is 3. The summed E-state index contributed by atoms with van der Waals surface area (Å²) in [6, 6.07) is 14.4. The zero-order valence-corrected chi connectivity index (χ0v) is 12.0. The lowest BCUT2D eigenvalue weighted by molar-refractivity contribution is 0.101. The minimum Gasteiger partial charge on any atom is -0.384 e. The molecule has 0 saturated heterocycles. The minimum atomic E-state index is -0.283. The Morgan fingerprint density at radius 2 is 1.86 bits per heavy atom. The van der Waals surface area contributed by atoms with Crippen molar-refractivity contribution in [1.82, 2.24) is 9.55 Å². The number of fused-ring (bicyclic) bond motifs is 1. The van der Waals surface area contributed by atoms with Gasteiger partial charge in [0.15, 0.2) is 5.82 Å². The third-order valence-electron chi connectivity index (χ3n) is 3.44. The molecular weight excluding hydrogens is 278 g/mol. The highest BCUT2D eigenvalue weighted by Gasteiger charge is 2.15. The molecule has 3 aromatic rings. The normalized spacial score (nSPS) is 10.6. The lowest BCUT2D eigenvalue weighted by Crippen LogP contribution is -2.17. The fourth-order valence-corrected chi connectivity index (χ4v) is 2.27. The van der Waals surface area contributed by atoms with Crippen LogP contribution in [0.4, 0.5) is 5.69 Å². The molecule has 0 aliphatic rings. The minimum absolute atomic E-state index is 0.00627. The number of carbonyl (C=O) groups is 1. The summed E-state index contributed by atoms with van der Waals surface area (Å²) in [7, 11) is 1.81. The van der Waals surface area contributed by atoms with Crippen molar-refractivity contribution >= 4 is 28.5 Å². The van der Waals surface area contributed by atoms with Crippen LogP contribution in [-0.2, 0) is 7.05 Å². The Morgan fingerprint density at radius 1 is 1.18 bits per heavy atom. The van der Waals surface area contributed by atoms with Gasteiger partial charge in [0, 0.05) is 18.3 Å². The van der Waals surface area contributed by atoms with Gasteiger partial charge in [-0.25, -0.2) is 4.98 Å². The summed E-state index contributed by atoms with van der Waals surface area (Å²) in [6.07, 6.45) is 0. The number of amides is 1. The number of carbonyl (C=O) groups excluding carboxylic acids is 1. The monoisotopic (exact) mass is 293 g/mol. The number of nitrogens with one attached hydrogen (secondary N) is 2. The van der Waals surface area contributed by atoms with Gasteiger partial charge in [0.25, 0.3) is 5.91 Å². The van der Waals surface area contributed by atoms with Gasteiger partial charge in [-0.15, -0.1) is 0 Å². The predicted molar refractivity (Wildman–Crippen MR) is 86.1 cm³/mol. The summed E-state index contributed by atoms with van der Waals surface area (Å²) < 4.78 is 1.76. The average molecular weight is 293 g/mol. The summed E-state index contributed by atoms with van der Waals surface area (Å²) in [6.45, 7) is 0. The number of nitrogen functional groups attached to an aromatic ring is 1. The highest BCUT2D eigenvalue weighted by molar-refractivity contribution is 6.04. The lowest BCUT2D eigenvalue weighted by Gasteiger charge is -2.06. The molecule has 0 radical (unpaired) electrons. The number of imidazole rings is 1. The van der Waals surface area contributed by atoms with Crippen molar-refractivity contribution in [1.29, 1.82) is 5.41 Å². The lowest BCUT2D eigenvalue weighted by atomic mass is 10.2. The molecule has 0 saturated carbocycles. The first-order valence-corrected chi connectivity index (χ1v) is 6.73. The maximum Gasteiger partial charge on any atom is 0.291 e. The van der Waals surface area contributed by atoms with Gasteiger partial charge in [-0.3, -0.25) is 10.2 Å². The molecule has 0 aliphatic heterocycles. The van der Waals surface area contributed by atoms with Crippen LogP contribution < -0.4 is 11.1 Å². The van der Waals surface area contributed by atoms with E-state index in [-0.39, 0.29) is 11.7 Å². The molecule has 2 aromatic carbocycles. The van der Waals surface area contributed by atoms with E-state index in [9.17, 15) is 4.79 Å². The van der Waals surface area contributed by atoms with Crippen LogP contribution in [0.15, 0.2) is 48.5 Å². The first-order chi connectivity index (χ1) is 10.6. The van der Waals surface area contributed by atoms with Crippen molar-refractivity contribution in [2.24, 2.45) is 12.8 Å². The quantitative estimate of drug-likeness (QED) is 0.509. The molecule has 0 atom stereocenters. The number of rotatable bonds is 3. The van der Waals surface area contributed by atoms with Crippen molar-refractivity contribution in [3.05, 3.63) is 59.9 Å². The molecule has 1 aromatic heterocycles. The largest absolute Gasteiger partial charge is 0.384 e. The molecule has 0 bridgehead atoms. The highest BCUT2D eigenvalue weighted by atomic mass is 16.2. The Balaban J connectivity index is 1.87. The van der Waals surface area contributed by atoms with E-state index in [2.05, 4.69) is 10.3 Å². The van der Waals surface area contributed by atoms with E-state index in [1.165, 1.54) is 0 Å². The van der Waals surface area contributed by atoms with Gasteiger partial charge >= 0.3 is 0 Å². The molecule has 110 valence electrons. The fourth-order valence-electron chi connectivity index (χ4n) is 2.27. The van der Waals surface area contributed by atoms with Crippen LogP contribution in [0.5, 0.6) is 0 Å². The Labute approximate surface area is 127 Å². The van der Waals surface area contributed by atoms with E-state index in [1.54, 1.807) is 28.8 Å². The number of nitrogens with zero attached hydrogens (tertiary/aromatic N) is 2. The van der Waals surface area contributed by atoms with Gasteiger partial charge in [0.05, 0.1) is 11.0 Å². The van der Waals surface area contributed by atoms with Crippen molar-refractivity contribution in [3.8, 4) is 0 Å². The van der Waals surface area contributed by atoms with E-state index in [1.807, 2.05) is 31.3 Å². The van der Waals surface area contributed by atoms with Crippen LogP contribution in [0, 0.1) is 5.41 Å². The summed E-state index contributed by atoms with van der Waals surface area (Å²) in [4.78, 5) is 16.7. The molecule has 6 heteroatoms. The van der Waals surface area contributed by atoms with Crippen molar-refractivity contribution < 1.29 is 4.79 Å². The topological polar surface area (TPSA) is 96.8 Å². The van der Waals surface area contributed by atoms with E-state index in [4.69, 9.17) is 11.1 Å². The molecule has 0 spiro atoms. The second-order valence-corrected chi connectivity index (χ2v) is 4.93. The van der Waals surface area contributed by atoms with Gasteiger partial charge in [0.2, 0.25) is 0 Å². The second-order valence-electron chi connectivity index (χ2n) is 4.93. The molecular formula is C16H15N5O. The van der Waals surface area contributed by atoms with E-state index >= 15 is 0 Å². The summed E-state index contributed by atoms with van der Waals surface area (Å²) in [5.41, 5.74) is 8.32. The smallest absolute Gasteiger partial charge is 0.291 e. The zero-order chi connectivity index (χ0) is 15.7. The van der Waals surface area contributed by atoms with E-state index in [0.717, 1.165) is 11.0 Å². The van der Waals surface area contributed by atoms with Crippen molar-refractivity contribution in [2.45, 2.75) is 0 Å². The standard InChI is InChI=1S/C16H15N5O/c1-21-13-5-3-2-4-12(13)20-15(21)16(22)19-11-8-6-10(7-9-11)14(17)18/h2-9H,1H3,(H3,17,18)(H,19,22). The molecule has 22 heavy (non-hydrogen) atoms. The SMILES string of the molecule is Cn1c(C(=O)Nc2ccc(C(=N)N)cc2)nc2ccccc21. The van der Waals surface area contributed by atoms with Crippen LogP contribution in [0.2, 0.25) is 0 Å². The van der Waals surface area contributed by atoms with Gasteiger partial charge in [-0.2, -0.15) is 0 Å². The van der Waals surface area contributed by atoms with Gasteiger partial charge in [-0.1, -0.05) is 12.1 Å². The van der Waals surface area contributed by atoms with E-state index < -0.39 is 0 Å². The number of nitrogens with two attached hydrogens (primary N) is 1. The summed E-state index contributed by atoms with van der Waals surface area (Å²) in [5, 5.41) is 10.1. The van der Waals surface area contributed by atoms with E-state index in [0.29, 0.717) is 17.1 Å². The third kappa shape index (κ3) is 2.42. The summed E-state index contributed by atoms with van der Waals surface area (Å²) >= 11 is 0. The molecule has 6 nitrogen and oxygen atoms in total. The maximum atomic E-state index is 12.4. The Morgan fingerprint density at radius 3 is 2.50 bits per heavy atom. The zero-order valence-electron chi connectivity index (χ0n) is 12.0. The fraction of sp³-hybridized carbons (Fsp3) is 0.0625. The molecule has 1 heterocycles. The van der Waals surface area contributed by atoms with Gasteiger partial charge in [0.1, 0.15) is 5.84 Å². The summed E-state index contributed by atoms with van der Waals surface area (Å²) in [5.74, 6) is 0.0550. The second kappa shape index (κ2) is 5.33. The van der Waals surface area contributed by atoms with Crippen LogP contribution in [-0.4, -0.2) is 21.3 Å². The molecule has 3 rings (SSSR count). The number of para-hydroxylation sites is 2. The Hall–Kier alpha value is -3.15. The first-order valence-electron chi connectivity index (χ1n) is 6.73. The molecule has 0 aliphatic carbocycles. The Bertz CT molecular complexity index is 864. The first kappa shape index (κ1) is 13.8. The maximum absolute atomic E-state index is 12.4. The molecule has 0 unspecified atom stereocenters. The molecule has 4 N–H and O–H groups in total. The number of hydrogen-bond donors (Lipinski definition) is 3. The van der Waals surface area contributed by atoms with Crippen molar-refractivity contribution in [2.75, 3.05) is 5.32 Å². The third-order valence-corrected chi connectivity index (χ3v) is 3.44. The number of amidine groups is 1. The van der Waals surface area contributed by atoms with Gasteiger partial charge < -0.3 is 15.6 Å². The van der Waals surface area contributed by atoms with Crippen LogP contribution >= 0.6 is 0 Å². The molecule has 1 amide bonds. The number of aromatic nitrogens is 2. The van der Waals surface area contributed by atoms with Crippen molar-refractivity contribution in [3.63, 3.8) is 0 Å². The average Bonchev–Trinajstić information content (AvgIpc) is 2.85. The molecule has 0 fully saturated rings. The predicted octanol–water partition coefficient (Wildman–Crippen LogP) is 2.11. The van der Waals surface area contributed by atoms with Crippen LogP contribution in [0.1, 0.15) is 16.2 Å². The number of anilines is 1.